The lowest BCUT2D eigenvalue weighted by atomic mass is 10.2. The molecule has 1 aliphatic heterocycles. The largest absolute Gasteiger partial charge is 0.468 e. The highest BCUT2D eigenvalue weighted by molar-refractivity contribution is 5.76. The molecule has 4 rings (SSSR count). The minimum absolute atomic E-state index is 0.0150. The van der Waals surface area contributed by atoms with Crippen molar-refractivity contribution in [2.75, 3.05) is 19.6 Å². The summed E-state index contributed by atoms with van der Waals surface area (Å²) in [5.41, 5.74) is 0.131. The summed E-state index contributed by atoms with van der Waals surface area (Å²) in [5.74, 6) is -0.133. The lowest BCUT2D eigenvalue weighted by molar-refractivity contribution is -0.121. The first kappa shape index (κ1) is 20.3. The number of hydrogen-bond donors (Lipinski definition) is 1. The molecule has 1 saturated heterocycles. The van der Waals surface area contributed by atoms with Crippen molar-refractivity contribution in [1.29, 1.82) is 0 Å². The molecule has 1 atom stereocenters. The third-order valence-electron chi connectivity index (χ3n) is 5.26. The second kappa shape index (κ2) is 9.21. The zero-order valence-electron chi connectivity index (χ0n) is 16.4. The van der Waals surface area contributed by atoms with Gasteiger partial charge in [-0.3, -0.25) is 9.69 Å². The smallest absolute Gasteiger partial charge is 0.220 e. The van der Waals surface area contributed by atoms with Gasteiger partial charge in [-0.25, -0.2) is 13.8 Å². The Morgan fingerprint density at radius 3 is 2.80 bits per heavy atom. The summed E-state index contributed by atoms with van der Waals surface area (Å²) in [5, 5.41) is 2.96. The molecule has 30 heavy (non-hydrogen) atoms. The molecule has 8 heteroatoms. The molecule has 3 aromatic rings. The van der Waals surface area contributed by atoms with Crippen LogP contribution in [-0.4, -0.2) is 35.4 Å². The fourth-order valence-electron chi connectivity index (χ4n) is 3.70. The fourth-order valence-corrected chi connectivity index (χ4v) is 3.70. The second-order valence-corrected chi connectivity index (χ2v) is 7.32. The number of likely N-dealkylation sites (tertiary alicyclic amines) is 1. The Morgan fingerprint density at radius 1 is 1.23 bits per heavy atom. The van der Waals surface area contributed by atoms with Crippen molar-refractivity contribution in [3.63, 3.8) is 0 Å². The number of furan rings is 1. The summed E-state index contributed by atoms with van der Waals surface area (Å²) < 4.78 is 38.0. The van der Waals surface area contributed by atoms with E-state index in [1.54, 1.807) is 6.26 Å². The van der Waals surface area contributed by atoms with Crippen LogP contribution in [0.3, 0.4) is 0 Å². The topological polar surface area (TPSA) is 71.5 Å². The predicted molar refractivity (Wildman–Crippen MR) is 105 cm³/mol. The molecule has 158 valence electrons. The Kier molecular flexibility index (Phi) is 6.23. The number of carbonyl (C=O) groups is 1. The minimum atomic E-state index is -0.721. The molecule has 0 radical (unpaired) electrons. The summed E-state index contributed by atoms with van der Waals surface area (Å²) in [6.07, 6.45) is 5.79. The van der Waals surface area contributed by atoms with Crippen LogP contribution < -0.4 is 5.32 Å². The Hall–Kier alpha value is -3.00. The summed E-state index contributed by atoms with van der Waals surface area (Å²) in [6.45, 7) is 2.44. The molecule has 1 unspecified atom stereocenters. The highest BCUT2D eigenvalue weighted by Crippen LogP contribution is 2.26. The maximum atomic E-state index is 13.9. The lowest BCUT2D eigenvalue weighted by Gasteiger charge is -2.25. The van der Waals surface area contributed by atoms with Gasteiger partial charge in [0.1, 0.15) is 17.4 Å². The Balaban J connectivity index is 1.31. The van der Waals surface area contributed by atoms with Gasteiger partial charge < -0.3 is 14.2 Å². The van der Waals surface area contributed by atoms with Crippen molar-refractivity contribution < 1.29 is 22.4 Å². The Bertz CT molecular complexity index is 981. The third-order valence-corrected chi connectivity index (χ3v) is 5.26. The minimum Gasteiger partial charge on any atom is -0.468 e. The first-order chi connectivity index (χ1) is 14.6. The number of oxazole rings is 1. The molecule has 2 aromatic heterocycles. The molecule has 0 aliphatic carbocycles. The van der Waals surface area contributed by atoms with Gasteiger partial charge in [-0.05, 0) is 50.2 Å². The highest BCUT2D eigenvalue weighted by Gasteiger charge is 2.26. The normalized spacial score (nSPS) is 15.4. The van der Waals surface area contributed by atoms with Crippen molar-refractivity contribution in [1.82, 2.24) is 15.2 Å². The molecule has 3 heterocycles. The van der Waals surface area contributed by atoms with Gasteiger partial charge in [-0.1, -0.05) is 0 Å². The van der Waals surface area contributed by atoms with E-state index in [4.69, 9.17) is 8.83 Å². The molecule has 0 bridgehead atoms. The SMILES string of the molecule is O=C(CCc1ncc(-c2ccc(F)cc2F)o1)NCC(c1ccco1)N1CCCC1. The van der Waals surface area contributed by atoms with Gasteiger partial charge in [0.25, 0.3) is 0 Å². The van der Waals surface area contributed by atoms with Crippen LogP contribution in [0.15, 0.2) is 51.6 Å². The van der Waals surface area contributed by atoms with E-state index >= 15 is 0 Å². The molecular weight excluding hydrogens is 392 g/mol. The maximum Gasteiger partial charge on any atom is 0.220 e. The van der Waals surface area contributed by atoms with Crippen LogP contribution in [-0.2, 0) is 11.2 Å². The average molecular weight is 415 g/mol. The van der Waals surface area contributed by atoms with Crippen molar-refractivity contribution in [3.8, 4) is 11.3 Å². The summed E-state index contributed by atoms with van der Waals surface area (Å²) in [4.78, 5) is 18.8. The van der Waals surface area contributed by atoms with Crippen LogP contribution in [0.1, 0.15) is 37.0 Å². The van der Waals surface area contributed by atoms with Gasteiger partial charge in [-0.2, -0.15) is 0 Å². The molecule has 0 saturated carbocycles. The number of rotatable bonds is 8. The van der Waals surface area contributed by atoms with E-state index in [2.05, 4.69) is 15.2 Å². The summed E-state index contributed by atoms with van der Waals surface area (Å²) >= 11 is 0. The van der Waals surface area contributed by atoms with Gasteiger partial charge in [-0.15, -0.1) is 0 Å². The molecule has 1 aliphatic rings. The van der Waals surface area contributed by atoms with Crippen LogP contribution >= 0.6 is 0 Å². The number of carbonyl (C=O) groups excluding carboxylic acids is 1. The van der Waals surface area contributed by atoms with E-state index in [-0.39, 0.29) is 36.1 Å². The van der Waals surface area contributed by atoms with Gasteiger partial charge >= 0.3 is 0 Å². The molecule has 1 fully saturated rings. The van der Waals surface area contributed by atoms with Crippen LogP contribution in [0.2, 0.25) is 0 Å². The van der Waals surface area contributed by atoms with E-state index < -0.39 is 11.6 Å². The molecule has 1 amide bonds. The van der Waals surface area contributed by atoms with Gasteiger partial charge in [0.2, 0.25) is 5.91 Å². The third kappa shape index (κ3) is 4.76. The van der Waals surface area contributed by atoms with Crippen LogP contribution in [0.4, 0.5) is 8.78 Å². The molecular formula is C22H23F2N3O3. The number of halogens is 2. The first-order valence-corrected chi connectivity index (χ1v) is 10.0. The standard InChI is InChI=1S/C22H23F2N3O3/c23-15-5-6-16(17(24)12-15)20-14-26-22(30-20)8-7-21(28)25-13-18(19-4-3-11-29-19)27-9-1-2-10-27/h3-6,11-12,14,18H,1-2,7-10,13H2,(H,25,28). The number of amides is 1. The Labute approximate surface area is 172 Å². The summed E-state index contributed by atoms with van der Waals surface area (Å²) in [6, 6.07) is 7.04. The average Bonchev–Trinajstić information content (AvgIpc) is 3.49. The Morgan fingerprint density at radius 2 is 2.07 bits per heavy atom. The van der Waals surface area contributed by atoms with E-state index in [0.717, 1.165) is 43.8 Å². The van der Waals surface area contributed by atoms with Crippen molar-refractivity contribution >= 4 is 5.91 Å². The summed E-state index contributed by atoms with van der Waals surface area (Å²) in [7, 11) is 0. The highest BCUT2D eigenvalue weighted by atomic mass is 19.1. The second-order valence-electron chi connectivity index (χ2n) is 7.32. The van der Waals surface area contributed by atoms with E-state index in [9.17, 15) is 13.6 Å². The quantitative estimate of drug-likeness (QED) is 0.600. The fraction of sp³-hybridized carbons (Fsp3) is 0.364. The number of nitrogens with zero attached hydrogens (tertiary/aromatic N) is 2. The molecule has 6 nitrogen and oxygen atoms in total. The number of hydrogen-bond acceptors (Lipinski definition) is 5. The van der Waals surface area contributed by atoms with E-state index in [1.807, 2.05) is 12.1 Å². The number of aryl methyl sites for hydroxylation is 1. The molecule has 1 N–H and O–H groups in total. The molecule has 0 spiro atoms. The predicted octanol–water partition coefficient (Wildman–Crippen LogP) is 4.10. The van der Waals surface area contributed by atoms with Gasteiger partial charge in [0.05, 0.1) is 24.1 Å². The van der Waals surface area contributed by atoms with Crippen molar-refractivity contribution in [2.24, 2.45) is 0 Å². The molecule has 1 aromatic carbocycles. The monoisotopic (exact) mass is 415 g/mol. The van der Waals surface area contributed by atoms with Crippen molar-refractivity contribution in [2.45, 2.75) is 31.7 Å². The van der Waals surface area contributed by atoms with Crippen LogP contribution in [0.5, 0.6) is 0 Å². The van der Waals surface area contributed by atoms with Gasteiger partial charge in [0, 0.05) is 25.5 Å². The zero-order chi connectivity index (χ0) is 20.9. The first-order valence-electron chi connectivity index (χ1n) is 10.0. The van der Waals surface area contributed by atoms with Crippen LogP contribution in [0, 0.1) is 11.6 Å². The number of nitrogens with one attached hydrogen (secondary N) is 1. The number of benzene rings is 1. The number of aromatic nitrogens is 1. The maximum absolute atomic E-state index is 13.9. The van der Waals surface area contributed by atoms with Crippen LogP contribution in [0.25, 0.3) is 11.3 Å². The van der Waals surface area contributed by atoms with Crippen molar-refractivity contribution in [3.05, 3.63) is 66.1 Å². The van der Waals surface area contributed by atoms with Gasteiger partial charge in [0.15, 0.2) is 11.7 Å². The lowest BCUT2D eigenvalue weighted by Crippen LogP contribution is -2.36. The van der Waals surface area contributed by atoms with E-state index in [1.165, 1.54) is 12.3 Å². The van der Waals surface area contributed by atoms with E-state index in [0.29, 0.717) is 12.4 Å². The zero-order valence-corrected chi connectivity index (χ0v) is 16.4.